The molecule has 0 unspecified atom stereocenters. The van der Waals surface area contributed by atoms with E-state index in [0.717, 1.165) is 19.7 Å². The Bertz CT molecular complexity index is 1140. The van der Waals surface area contributed by atoms with Crippen molar-refractivity contribution in [2.75, 3.05) is 0 Å². The van der Waals surface area contributed by atoms with Gasteiger partial charge in [-0.2, -0.15) is 10.4 Å². The summed E-state index contributed by atoms with van der Waals surface area (Å²) in [6.07, 6.45) is 1.44. The number of amides is 1. The van der Waals surface area contributed by atoms with Crippen LogP contribution in [0, 0.1) is 20.7 Å². The standard InChI is InChI=1S/C22H14BrFIN3O2/c23-19-9-16(4-8-21(19)30-13-14-1-5-17(25)6-2-14)12-27-28-22(29)18-7-3-15(11-26)10-20(18)24/h1-10,12H,13H2,(H,28,29)/b27-12-. The highest BCUT2D eigenvalue weighted by atomic mass is 127. The fourth-order valence-corrected chi connectivity index (χ4v) is 3.32. The molecule has 1 amide bonds. The van der Waals surface area contributed by atoms with Gasteiger partial charge < -0.3 is 4.74 Å². The van der Waals surface area contributed by atoms with E-state index in [-0.39, 0.29) is 11.1 Å². The van der Waals surface area contributed by atoms with Gasteiger partial charge in [-0.15, -0.1) is 0 Å². The molecule has 0 aliphatic carbocycles. The third-order valence-electron chi connectivity index (χ3n) is 3.99. The quantitative estimate of drug-likeness (QED) is 0.242. The molecular formula is C22H14BrFIN3O2. The monoisotopic (exact) mass is 577 g/mol. The molecule has 0 aliphatic heterocycles. The van der Waals surface area contributed by atoms with Crippen LogP contribution in [0.1, 0.15) is 27.0 Å². The van der Waals surface area contributed by atoms with Gasteiger partial charge in [-0.25, -0.2) is 9.82 Å². The Kier molecular flexibility index (Phi) is 7.54. The second-order valence-corrected chi connectivity index (χ2v) is 8.21. The number of carbonyl (C=O) groups excluding carboxylic acids is 1. The number of hydrogen-bond acceptors (Lipinski definition) is 4. The van der Waals surface area contributed by atoms with Crippen LogP contribution in [0.25, 0.3) is 0 Å². The average molecular weight is 578 g/mol. The van der Waals surface area contributed by atoms with Crippen LogP contribution in [0.15, 0.2) is 70.2 Å². The normalized spacial score (nSPS) is 10.6. The van der Waals surface area contributed by atoms with E-state index in [0.29, 0.717) is 17.9 Å². The van der Waals surface area contributed by atoms with E-state index in [1.54, 1.807) is 18.2 Å². The molecule has 150 valence electrons. The summed E-state index contributed by atoms with van der Waals surface area (Å²) in [5.74, 6) is -0.807. The van der Waals surface area contributed by atoms with Gasteiger partial charge in [0.1, 0.15) is 18.2 Å². The van der Waals surface area contributed by atoms with Crippen molar-refractivity contribution in [2.24, 2.45) is 5.10 Å². The molecule has 5 nitrogen and oxygen atoms in total. The van der Waals surface area contributed by atoms with Crippen LogP contribution < -0.4 is 10.2 Å². The molecule has 8 heteroatoms. The first kappa shape index (κ1) is 21.9. The molecule has 3 aromatic carbocycles. The molecule has 3 aromatic rings. The predicted octanol–water partition coefficient (Wildman–Crippen LogP) is 5.41. The summed E-state index contributed by atoms with van der Waals surface area (Å²) in [4.78, 5) is 12.0. The van der Waals surface area contributed by atoms with E-state index < -0.39 is 11.7 Å². The fraction of sp³-hybridized carbons (Fsp3) is 0.0455. The molecule has 0 bridgehead atoms. The van der Waals surface area contributed by atoms with E-state index in [4.69, 9.17) is 10.00 Å². The van der Waals surface area contributed by atoms with Gasteiger partial charge in [-0.1, -0.05) is 12.1 Å². The van der Waals surface area contributed by atoms with E-state index in [1.165, 1.54) is 18.3 Å². The van der Waals surface area contributed by atoms with Gasteiger partial charge in [0.25, 0.3) is 5.91 Å². The molecule has 3 rings (SSSR count). The van der Waals surface area contributed by atoms with Crippen LogP contribution in [0.4, 0.5) is 4.39 Å². The summed E-state index contributed by atoms with van der Waals surface area (Å²) in [5.41, 5.74) is 4.00. The lowest BCUT2D eigenvalue weighted by Crippen LogP contribution is -2.19. The zero-order valence-electron chi connectivity index (χ0n) is 15.4. The van der Waals surface area contributed by atoms with E-state index in [2.05, 4.69) is 49.0 Å². The Morgan fingerprint density at radius 2 is 1.97 bits per heavy atom. The molecule has 0 saturated heterocycles. The van der Waals surface area contributed by atoms with Crippen LogP contribution in [0.5, 0.6) is 5.75 Å². The molecule has 0 fully saturated rings. The zero-order valence-corrected chi connectivity index (χ0v) is 19.1. The van der Waals surface area contributed by atoms with Crippen LogP contribution >= 0.6 is 38.5 Å². The van der Waals surface area contributed by atoms with Gasteiger partial charge in [-0.05, 0) is 98.2 Å². The highest BCUT2D eigenvalue weighted by Gasteiger charge is 2.11. The Morgan fingerprint density at radius 3 is 2.63 bits per heavy atom. The second-order valence-electron chi connectivity index (χ2n) is 6.11. The fourth-order valence-electron chi connectivity index (χ4n) is 2.45. The highest BCUT2D eigenvalue weighted by Crippen LogP contribution is 2.26. The van der Waals surface area contributed by atoms with Crippen molar-refractivity contribution in [2.45, 2.75) is 6.61 Å². The largest absolute Gasteiger partial charge is 0.488 e. The summed E-state index contributed by atoms with van der Waals surface area (Å²) in [7, 11) is 0. The maximum atomic E-state index is 13.9. The van der Waals surface area contributed by atoms with E-state index in [9.17, 15) is 9.18 Å². The van der Waals surface area contributed by atoms with Crippen molar-refractivity contribution < 1.29 is 13.9 Å². The maximum absolute atomic E-state index is 13.9. The zero-order chi connectivity index (χ0) is 21.5. The number of carbonyl (C=O) groups is 1. The number of rotatable bonds is 6. The number of nitrogens with zero attached hydrogens (tertiary/aromatic N) is 2. The lowest BCUT2D eigenvalue weighted by atomic mass is 10.1. The van der Waals surface area contributed by atoms with Gasteiger partial charge in [0, 0.05) is 3.57 Å². The Balaban J connectivity index is 1.59. The summed E-state index contributed by atoms with van der Waals surface area (Å²) in [5, 5.41) is 12.6. The molecule has 0 radical (unpaired) electrons. The Labute approximate surface area is 194 Å². The topological polar surface area (TPSA) is 74.5 Å². The minimum atomic E-state index is -0.779. The first-order chi connectivity index (χ1) is 14.5. The molecular weight excluding hydrogens is 564 g/mol. The van der Waals surface area contributed by atoms with Gasteiger partial charge in [-0.3, -0.25) is 4.79 Å². The number of benzene rings is 3. The lowest BCUT2D eigenvalue weighted by Gasteiger charge is -2.09. The van der Waals surface area contributed by atoms with Crippen LogP contribution in [0.2, 0.25) is 0 Å². The molecule has 0 saturated carbocycles. The van der Waals surface area contributed by atoms with Crippen LogP contribution in [0.3, 0.4) is 0 Å². The number of nitrogens with one attached hydrogen (secondary N) is 1. The number of ether oxygens (including phenoxy) is 1. The summed E-state index contributed by atoms with van der Waals surface area (Å²) in [6.45, 7) is 0.440. The van der Waals surface area contributed by atoms with Crippen molar-refractivity contribution in [1.29, 1.82) is 5.26 Å². The average Bonchev–Trinajstić information content (AvgIpc) is 2.74. The van der Waals surface area contributed by atoms with Crippen molar-refractivity contribution in [3.63, 3.8) is 0 Å². The number of hydrogen-bond donors (Lipinski definition) is 1. The molecule has 0 spiro atoms. The maximum Gasteiger partial charge on any atom is 0.274 e. The van der Waals surface area contributed by atoms with Crippen molar-refractivity contribution in [3.05, 3.63) is 96.8 Å². The van der Waals surface area contributed by atoms with Crippen molar-refractivity contribution in [3.8, 4) is 11.8 Å². The molecule has 0 aromatic heterocycles. The summed E-state index contributed by atoms with van der Waals surface area (Å²) in [6, 6.07) is 18.9. The van der Waals surface area contributed by atoms with Gasteiger partial charge >= 0.3 is 0 Å². The third kappa shape index (κ3) is 5.87. The minimum absolute atomic E-state index is 0.140. The van der Waals surface area contributed by atoms with E-state index in [1.807, 2.05) is 30.3 Å². The molecule has 1 N–H and O–H groups in total. The predicted molar refractivity (Wildman–Crippen MR) is 124 cm³/mol. The Hall–Kier alpha value is -2.77. The SMILES string of the molecule is N#Cc1ccc(C(=O)N/N=C\c2ccc(OCc3ccc(I)cc3)c(Br)c2)c(F)c1. The van der Waals surface area contributed by atoms with Crippen LogP contribution in [-0.4, -0.2) is 12.1 Å². The number of halogens is 3. The lowest BCUT2D eigenvalue weighted by molar-refractivity contribution is 0.0951. The Morgan fingerprint density at radius 1 is 1.20 bits per heavy atom. The summed E-state index contributed by atoms with van der Waals surface area (Å²) < 4.78 is 21.6. The second kappa shape index (κ2) is 10.3. The minimum Gasteiger partial charge on any atom is -0.488 e. The molecule has 0 aliphatic rings. The van der Waals surface area contributed by atoms with Gasteiger partial charge in [0.15, 0.2) is 0 Å². The van der Waals surface area contributed by atoms with E-state index >= 15 is 0 Å². The first-order valence-electron chi connectivity index (χ1n) is 8.66. The molecule has 0 heterocycles. The third-order valence-corrected chi connectivity index (χ3v) is 5.32. The van der Waals surface area contributed by atoms with Crippen LogP contribution in [-0.2, 0) is 6.61 Å². The molecule has 30 heavy (non-hydrogen) atoms. The smallest absolute Gasteiger partial charge is 0.274 e. The van der Waals surface area contributed by atoms with Gasteiger partial charge in [0.2, 0.25) is 0 Å². The number of nitriles is 1. The van der Waals surface area contributed by atoms with Gasteiger partial charge in [0.05, 0.1) is 27.9 Å². The number of hydrazone groups is 1. The van der Waals surface area contributed by atoms with Crippen molar-refractivity contribution in [1.82, 2.24) is 5.43 Å². The molecule has 0 atom stereocenters. The highest BCUT2D eigenvalue weighted by molar-refractivity contribution is 14.1. The first-order valence-corrected chi connectivity index (χ1v) is 10.5. The van der Waals surface area contributed by atoms with Crippen molar-refractivity contribution >= 4 is 50.6 Å². The summed E-state index contributed by atoms with van der Waals surface area (Å²) >= 11 is 5.71.